The van der Waals surface area contributed by atoms with E-state index in [4.69, 9.17) is 9.47 Å². The lowest BCUT2D eigenvalue weighted by molar-refractivity contribution is -0.0873. The third kappa shape index (κ3) is 1.94. The summed E-state index contributed by atoms with van der Waals surface area (Å²) in [5.41, 5.74) is 2.18. The summed E-state index contributed by atoms with van der Waals surface area (Å²) in [7, 11) is 0. The zero-order chi connectivity index (χ0) is 12.9. The summed E-state index contributed by atoms with van der Waals surface area (Å²) in [5.74, 6) is 0.230. The number of hydrogen-bond acceptors (Lipinski definition) is 3. The van der Waals surface area contributed by atoms with Crippen LogP contribution in [0.15, 0.2) is 23.8 Å². The van der Waals surface area contributed by atoms with E-state index in [1.165, 1.54) is 5.57 Å². The molecule has 3 aliphatic rings. The Morgan fingerprint density at radius 1 is 1.50 bits per heavy atom. The molecule has 100 valence electrons. The average Bonchev–Trinajstić information content (AvgIpc) is 2.90. The van der Waals surface area contributed by atoms with Crippen LogP contribution in [0.25, 0.3) is 0 Å². The summed E-state index contributed by atoms with van der Waals surface area (Å²) < 4.78 is 11.6. The average molecular weight is 250 g/mol. The Morgan fingerprint density at radius 3 is 3.06 bits per heavy atom. The first-order valence-corrected chi connectivity index (χ1v) is 6.87. The van der Waals surface area contributed by atoms with Gasteiger partial charge in [-0.15, -0.1) is 0 Å². The third-order valence-corrected chi connectivity index (χ3v) is 4.70. The molecule has 1 aliphatic carbocycles. The number of allylic oxidation sites excluding steroid dienone is 2. The Balaban J connectivity index is 1.85. The van der Waals surface area contributed by atoms with Gasteiger partial charge in [-0.2, -0.15) is 0 Å². The van der Waals surface area contributed by atoms with Gasteiger partial charge in [-0.3, -0.25) is 0 Å². The van der Waals surface area contributed by atoms with Gasteiger partial charge in [0.1, 0.15) is 6.10 Å². The number of epoxide rings is 1. The second-order valence-corrected chi connectivity index (χ2v) is 6.11. The number of aliphatic hydroxyl groups is 1. The standard InChI is InChI=1S/C15H22O3/c1-9-5-4-8-15(3)13(18-15)12-11(7-6-9)10(2)14(16)17-12/h5,11-14,16H,2,4,6-8H2,1,3H3/b9-5+/t11-,12-,13-,14?,15+/m0/s1. The van der Waals surface area contributed by atoms with Gasteiger partial charge in [-0.1, -0.05) is 18.2 Å². The van der Waals surface area contributed by atoms with Crippen LogP contribution in [0.3, 0.4) is 0 Å². The maximum atomic E-state index is 9.85. The van der Waals surface area contributed by atoms with E-state index >= 15 is 0 Å². The van der Waals surface area contributed by atoms with Gasteiger partial charge in [0.2, 0.25) is 0 Å². The van der Waals surface area contributed by atoms with Crippen LogP contribution in [-0.2, 0) is 9.47 Å². The van der Waals surface area contributed by atoms with Crippen LogP contribution >= 0.6 is 0 Å². The van der Waals surface area contributed by atoms with Crippen molar-refractivity contribution in [1.82, 2.24) is 0 Å². The topological polar surface area (TPSA) is 42.0 Å². The van der Waals surface area contributed by atoms with Gasteiger partial charge in [0.25, 0.3) is 0 Å². The summed E-state index contributed by atoms with van der Waals surface area (Å²) in [6.45, 7) is 8.33. The summed E-state index contributed by atoms with van der Waals surface area (Å²) in [4.78, 5) is 0. The maximum absolute atomic E-state index is 9.85. The largest absolute Gasteiger partial charge is 0.364 e. The van der Waals surface area contributed by atoms with E-state index in [2.05, 4.69) is 26.5 Å². The Hall–Kier alpha value is -0.640. The zero-order valence-corrected chi connectivity index (χ0v) is 11.2. The van der Waals surface area contributed by atoms with Gasteiger partial charge in [0, 0.05) is 5.92 Å². The fourth-order valence-electron chi connectivity index (χ4n) is 3.32. The van der Waals surface area contributed by atoms with E-state index in [-0.39, 0.29) is 23.7 Å². The molecular formula is C15H22O3. The highest BCUT2D eigenvalue weighted by atomic mass is 16.7. The van der Waals surface area contributed by atoms with Crippen molar-refractivity contribution in [3.8, 4) is 0 Å². The fourth-order valence-corrected chi connectivity index (χ4v) is 3.32. The lowest BCUT2D eigenvalue weighted by Crippen LogP contribution is -2.29. The normalized spacial score (nSPS) is 51.1. The van der Waals surface area contributed by atoms with Crippen LogP contribution in [0.2, 0.25) is 0 Å². The smallest absolute Gasteiger partial charge is 0.177 e. The van der Waals surface area contributed by atoms with Crippen LogP contribution in [0.4, 0.5) is 0 Å². The lowest BCUT2D eigenvalue weighted by atomic mass is 9.84. The predicted molar refractivity (Wildman–Crippen MR) is 69.0 cm³/mol. The fraction of sp³-hybridized carbons (Fsp3) is 0.733. The first-order valence-electron chi connectivity index (χ1n) is 6.87. The number of hydrogen-bond donors (Lipinski definition) is 1. The molecule has 2 heterocycles. The van der Waals surface area contributed by atoms with E-state index in [9.17, 15) is 5.11 Å². The van der Waals surface area contributed by atoms with Crippen molar-refractivity contribution in [1.29, 1.82) is 0 Å². The second kappa shape index (κ2) is 4.19. The van der Waals surface area contributed by atoms with Gasteiger partial charge >= 0.3 is 0 Å². The number of fused-ring (bicyclic) bond motifs is 3. The third-order valence-electron chi connectivity index (χ3n) is 4.70. The summed E-state index contributed by atoms with van der Waals surface area (Å²) in [6.07, 6.45) is 5.78. The molecule has 0 saturated carbocycles. The molecule has 0 spiro atoms. The molecule has 3 heteroatoms. The van der Waals surface area contributed by atoms with E-state index in [1.807, 2.05) is 0 Å². The van der Waals surface area contributed by atoms with E-state index < -0.39 is 6.29 Å². The van der Waals surface area contributed by atoms with Gasteiger partial charge < -0.3 is 14.6 Å². The van der Waals surface area contributed by atoms with Crippen LogP contribution < -0.4 is 0 Å². The monoisotopic (exact) mass is 250 g/mol. The number of ether oxygens (including phenoxy) is 2. The molecule has 0 aromatic rings. The van der Waals surface area contributed by atoms with E-state index in [0.717, 1.165) is 31.3 Å². The molecule has 0 aromatic carbocycles. The Labute approximate surface area is 108 Å². The highest BCUT2D eigenvalue weighted by Crippen LogP contribution is 2.50. The Bertz CT molecular complexity index is 401. The van der Waals surface area contributed by atoms with Crippen molar-refractivity contribution in [3.05, 3.63) is 23.8 Å². The van der Waals surface area contributed by atoms with Gasteiger partial charge in [-0.25, -0.2) is 0 Å². The molecule has 2 saturated heterocycles. The zero-order valence-electron chi connectivity index (χ0n) is 11.2. The first-order chi connectivity index (χ1) is 8.51. The molecule has 0 bridgehead atoms. The van der Waals surface area contributed by atoms with Crippen molar-refractivity contribution in [2.24, 2.45) is 5.92 Å². The molecule has 18 heavy (non-hydrogen) atoms. The van der Waals surface area contributed by atoms with Crippen LogP contribution in [-0.4, -0.2) is 29.2 Å². The van der Waals surface area contributed by atoms with Gasteiger partial charge in [0.15, 0.2) is 6.29 Å². The quantitative estimate of drug-likeness (QED) is 0.530. The van der Waals surface area contributed by atoms with Crippen LogP contribution in [0.1, 0.15) is 39.5 Å². The molecule has 3 rings (SSSR count). The second-order valence-electron chi connectivity index (χ2n) is 6.11. The van der Waals surface area contributed by atoms with Gasteiger partial charge in [0.05, 0.1) is 11.7 Å². The van der Waals surface area contributed by atoms with Crippen molar-refractivity contribution >= 4 is 0 Å². The molecular weight excluding hydrogens is 228 g/mol. The van der Waals surface area contributed by atoms with Crippen molar-refractivity contribution in [2.45, 2.75) is 63.6 Å². The lowest BCUT2D eigenvalue weighted by Gasteiger charge is -2.19. The Morgan fingerprint density at radius 2 is 2.28 bits per heavy atom. The van der Waals surface area contributed by atoms with Crippen molar-refractivity contribution < 1.29 is 14.6 Å². The van der Waals surface area contributed by atoms with Gasteiger partial charge in [-0.05, 0) is 45.1 Å². The molecule has 2 fully saturated rings. The van der Waals surface area contributed by atoms with E-state index in [1.54, 1.807) is 0 Å². The van der Waals surface area contributed by atoms with Crippen molar-refractivity contribution in [3.63, 3.8) is 0 Å². The van der Waals surface area contributed by atoms with Crippen LogP contribution in [0.5, 0.6) is 0 Å². The summed E-state index contributed by atoms with van der Waals surface area (Å²) >= 11 is 0. The SMILES string of the molecule is C=C1C(O)O[C@H]2[C@H]1CC/C(C)=C/CC[C@@]1(C)O[C@@H]21. The molecule has 1 unspecified atom stereocenters. The van der Waals surface area contributed by atoms with E-state index in [0.29, 0.717) is 0 Å². The molecule has 1 N–H and O–H groups in total. The minimum absolute atomic E-state index is 0.0107. The first kappa shape index (κ1) is 12.4. The minimum Gasteiger partial charge on any atom is -0.364 e. The molecule has 5 atom stereocenters. The minimum atomic E-state index is -0.807. The number of rotatable bonds is 0. The predicted octanol–water partition coefficient (Wildman–Crippen LogP) is 2.55. The molecule has 0 aromatic heterocycles. The summed E-state index contributed by atoms with van der Waals surface area (Å²) in [6, 6.07) is 0. The van der Waals surface area contributed by atoms with Crippen LogP contribution in [0, 0.1) is 5.92 Å². The Kier molecular flexibility index (Phi) is 2.88. The highest BCUT2D eigenvalue weighted by molar-refractivity contribution is 5.20. The molecule has 0 radical (unpaired) electrons. The van der Waals surface area contributed by atoms with Crippen molar-refractivity contribution in [2.75, 3.05) is 0 Å². The molecule has 0 amide bonds. The highest BCUT2D eigenvalue weighted by Gasteiger charge is 2.60. The molecule has 3 nitrogen and oxygen atoms in total. The molecule has 2 aliphatic heterocycles. The summed E-state index contributed by atoms with van der Waals surface area (Å²) in [5, 5.41) is 9.85. The number of aliphatic hydroxyl groups excluding tert-OH is 1. The maximum Gasteiger partial charge on any atom is 0.177 e.